The third-order valence-corrected chi connectivity index (χ3v) is 3.45. The smallest absolute Gasteiger partial charge is 0.219 e. The van der Waals surface area contributed by atoms with E-state index in [1.54, 1.807) is 0 Å². The maximum atomic E-state index is 5.67. The first kappa shape index (κ1) is 12.7. The summed E-state index contributed by atoms with van der Waals surface area (Å²) in [7, 11) is 0. The SMILES string of the molecule is Cc1ccccc1-c1nnn(Cc2nc3ccccc3o2)n1. The van der Waals surface area contributed by atoms with Gasteiger partial charge >= 0.3 is 0 Å². The summed E-state index contributed by atoms with van der Waals surface area (Å²) in [5.41, 5.74) is 3.68. The zero-order valence-electron chi connectivity index (χ0n) is 12.0. The minimum atomic E-state index is 0.355. The van der Waals surface area contributed by atoms with Gasteiger partial charge in [-0.3, -0.25) is 0 Å². The largest absolute Gasteiger partial charge is 0.439 e. The van der Waals surface area contributed by atoms with E-state index in [1.807, 2.05) is 55.5 Å². The maximum Gasteiger partial charge on any atom is 0.219 e. The van der Waals surface area contributed by atoms with Crippen molar-refractivity contribution >= 4 is 11.1 Å². The molecule has 108 valence electrons. The predicted molar refractivity (Wildman–Crippen MR) is 81.1 cm³/mol. The molecule has 0 saturated heterocycles. The van der Waals surface area contributed by atoms with Crippen LogP contribution in [0.2, 0.25) is 0 Å². The highest BCUT2D eigenvalue weighted by molar-refractivity contribution is 5.72. The van der Waals surface area contributed by atoms with E-state index in [9.17, 15) is 0 Å². The Kier molecular flexibility index (Phi) is 2.93. The van der Waals surface area contributed by atoms with Gasteiger partial charge in [0, 0.05) is 5.56 Å². The average Bonchev–Trinajstić information content (AvgIpc) is 3.14. The van der Waals surface area contributed by atoms with Crippen LogP contribution in [0.1, 0.15) is 11.5 Å². The number of oxazole rings is 1. The second kappa shape index (κ2) is 5.07. The Morgan fingerprint density at radius 1 is 1.05 bits per heavy atom. The van der Waals surface area contributed by atoms with Crippen molar-refractivity contribution in [2.75, 3.05) is 0 Å². The molecule has 0 N–H and O–H groups in total. The number of rotatable bonds is 3. The van der Waals surface area contributed by atoms with Gasteiger partial charge < -0.3 is 4.42 Å². The van der Waals surface area contributed by atoms with Gasteiger partial charge in [-0.25, -0.2) is 4.98 Å². The fourth-order valence-corrected chi connectivity index (χ4v) is 2.35. The van der Waals surface area contributed by atoms with Crippen LogP contribution < -0.4 is 0 Å². The lowest BCUT2D eigenvalue weighted by Gasteiger charge is -1.98. The Bertz CT molecular complexity index is 907. The number of hydrogen-bond acceptors (Lipinski definition) is 5. The van der Waals surface area contributed by atoms with E-state index in [1.165, 1.54) is 4.80 Å². The van der Waals surface area contributed by atoms with Gasteiger partial charge in [-0.2, -0.15) is 4.80 Å². The van der Waals surface area contributed by atoms with Crippen LogP contribution in [0.5, 0.6) is 0 Å². The Morgan fingerprint density at radius 2 is 1.86 bits per heavy atom. The zero-order valence-corrected chi connectivity index (χ0v) is 12.0. The first-order valence-electron chi connectivity index (χ1n) is 6.98. The number of aromatic nitrogens is 5. The van der Waals surface area contributed by atoms with Gasteiger partial charge in [-0.1, -0.05) is 36.4 Å². The minimum Gasteiger partial charge on any atom is -0.439 e. The third kappa shape index (κ3) is 2.24. The lowest BCUT2D eigenvalue weighted by Crippen LogP contribution is -2.04. The van der Waals surface area contributed by atoms with Gasteiger partial charge in [0.1, 0.15) is 12.1 Å². The fourth-order valence-electron chi connectivity index (χ4n) is 2.35. The quantitative estimate of drug-likeness (QED) is 0.580. The molecule has 22 heavy (non-hydrogen) atoms. The standard InChI is InChI=1S/C16H13N5O/c1-11-6-2-3-7-12(11)16-18-20-21(19-16)10-15-17-13-8-4-5-9-14(13)22-15/h2-9H,10H2,1H3. The Balaban J connectivity index is 1.63. The van der Waals surface area contributed by atoms with Crippen molar-refractivity contribution in [3.05, 3.63) is 60.0 Å². The lowest BCUT2D eigenvalue weighted by molar-refractivity contribution is 0.459. The van der Waals surface area contributed by atoms with Gasteiger partial charge in [0.15, 0.2) is 5.58 Å². The highest BCUT2D eigenvalue weighted by atomic mass is 16.3. The molecule has 2 heterocycles. The van der Waals surface area contributed by atoms with Gasteiger partial charge in [0.2, 0.25) is 11.7 Å². The van der Waals surface area contributed by atoms with Gasteiger partial charge in [-0.05, 0) is 29.8 Å². The fraction of sp³-hybridized carbons (Fsp3) is 0.125. The van der Waals surface area contributed by atoms with Crippen molar-refractivity contribution in [3.63, 3.8) is 0 Å². The molecule has 0 aliphatic carbocycles. The number of para-hydroxylation sites is 2. The van der Waals surface area contributed by atoms with Crippen LogP contribution in [0.4, 0.5) is 0 Å². The van der Waals surface area contributed by atoms with Crippen LogP contribution in [-0.2, 0) is 6.54 Å². The summed E-state index contributed by atoms with van der Waals surface area (Å²) in [6.45, 7) is 2.38. The Hall–Kier alpha value is -3.02. The van der Waals surface area contributed by atoms with E-state index in [0.717, 1.165) is 22.2 Å². The summed E-state index contributed by atoms with van der Waals surface area (Å²) >= 11 is 0. The number of nitrogens with zero attached hydrogens (tertiary/aromatic N) is 5. The minimum absolute atomic E-state index is 0.355. The number of benzene rings is 2. The van der Waals surface area contributed by atoms with E-state index in [2.05, 4.69) is 20.4 Å². The molecule has 2 aromatic heterocycles. The molecule has 0 unspecified atom stereocenters. The number of aryl methyl sites for hydroxylation is 1. The monoisotopic (exact) mass is 291 g/mol. The zero-order chi connectivity index (χ0) is 14.9. The Morgan fingerprint density at radius 3 is 2.73 bits per heavy atom. The maximum absolute atomic E-state index is 5.67. The molecule has 0 aliphatic heterocycles. The first-order chi connectivity index (χ1) is 10.8. The second-order valence-corrected chi connectivity index (χ2v) is 5.03. The normalized spacial score (nSPS) is 11.1. The molecule has 0 saturated carbocycles. The third-order valence-electron chi connectivity index (χ3n) is 3.45. The molecule has 0 atom stereocenters. The molecular formula is C16H13N5O. The van der Waals surface area contributed by atoms with Gasteiger partial charge in [0.05, 0.1) is 0 Å². The van der Waals surface area contributed by atoms with Crippen molar-refractivity contribution in [1.29, 1.82) is 0 Å². The predicted octanol–water partition coefficient (Wildman–Crippen LogP) is 2.84. The molecule has 0 spiro atoms. The molecule has 6 nitrogen and oxygen atoms in total. The van der Waals surface area contributed by atoms with E-state index >= 15 is 0 Å². The van der Waals surface area contributed by atoms with Gasteiger partial charge in [-0.15, -0.1) is 10.2 Å². The van der Waals surface area contributed by atoms with E-state index in [0.29, 0.717) is 18.3 Å². The van der Waals surface area contributed by atoms with Crippen LogP contribution in [0.25, 0.3) is 22.5 Å². The van der Waals surface area contributed by atoms with Crippen molar-refractivity contribution < 1.29 is 4.42 Å². The number of fused-ring (bicyclic) bond motifs is 1. The summed E-state index contributed by atoms with van der Waals surface area (Å²) in [5.74, 6) is 1.17. The second-order valence-electron chi connectivity index (χ2n) is 5.03. The molecule has 0 amide bonds. The summed E-state index contributed by atoms with van der Waals surface area (Å²) in [5, 5.41) is 12.6. The molecule has 0 bridgehead atoms. The van der Waals surface area contributed by atoms with Crippen molar-refractivity contribution in [2.24, 2.45) is 0 Å². The van der Waals surface area contributed by atoms with Crippen LogP contribution in [0.15, 0.2) is 52.9 Å². The Labute approximate surface area is 126 Å². The van der Waals surface area contributed by atoms with Crippen molar-refractivity contribution in [2.45, 2.75) is 13.5 Å². The topological polar surface area (TPSA) is 69.6 Å². The highest BCUT2D eigenvalue weighted by Crippen LogP contribution is 2.19. The molecule has 0 radical (unpaired) electrons. The van der Waals surface area contributed by atoms with Crippen LogP contribution in [0, 0.1) is 6.92 Å². The molecule has 0 fully saturated rings. The molecule has 2 aromatic carbocycles. The average molecular weight is 291 g/mol. The van der Waals surface area contributed by atoms with E-state index < -0.39 is 0 Å². The van der Waals surface area contributed by atoms with Gasteiger partial charge in [0.25, 0.3) is 0 Å². The molecule has 4 rings (SSSR count). The molecule has 4 aromatic rings. The number of hydrogen-bond donors (Lipinski definition) is 0. The molecule has 6 heteroatoms. The van der Waals surface area contributed by atoms with Crippen LogP contribution in [0.3, 0.4) is 0 Å². The highest BCUT2D eigenvalue weighted by Gasteiger charge is 2.11. The molecule has 0 aliphatic rings. The lowest BCUT2D eigenvalue weighted by atomic mass is 10.1. The van der Waals surface area contributed by atoms with Crippen LogP contribution >= 0.6 is 0 Å². The first-order valence-corrected chi connectivity index (χ1v) is 6.98. The van der Waals surface area contributed by atoms with Crippen molar-refractivity contribution in [1.82, 2.24) is 25.2 Å². The summed E-state index contributed by atoms with van der Waals surface area (Å²) in [4.78, 5) is 5.90. The van der Waals surface area contributed by atoms with E-state index in [-0.39, 0.29) is 0 Å². The van der Waals surface area contributed by atoms with Crippen LogP contribution in [-0.4, -0.2) is 25.2 Å². The summed E-state index contributed by atoms with van der Waals surface area (Å²) in [6, 6.07) is 15.6. The molecular weight excluding hydrogens is 278 g/mol. The van der Waals surface area contributed by atoms with Crippen molar-refractivity contribution in [3.8, 4) is 11.4 Å². The summed E-state index contributed by atoms with van der Waals surface area (Å²) < 4.78 is 5.67. The summed E-state index contributed by atoms with van der Waals surface area (Å²) in [6.07, 6.45) is 0. The van der Waals surface area contributed by atoms with E-state index in [4.69, 9.17) is 4.42 Å². The number of tetrazole rings is 1.